The topological polar surface area (TPSA) is 96.3 Å². The molecular weight excluding hydrogens is 474 g/mol. The van der Waals surface area contributed by atoms with Gasteiger partial charge in [0.2, 0.25) is 5.95 Å². The van der Waals surface area contributed by atoms with E-state index in [9.17, 15) is 8.42 Å². The van der Waals surface area contributed by atoms with Gasteiger partial charge < -0.3 is 5.32 Å². The van der Waals surface area contributed by atoms with E-state index in [0.717, 1.165) is 21.5 Å². The Bertz CT molecular complexity index is 1520. The van der Waals surface area contributed by atoms with E-state index in [2.05, 4.69) is 46.0 Å². The Morgan fingerprint density at radius 2 is 1.79 bits per heavy atom. The van der Waals surface area contributed by atoms with E-state index >= 15 is 0 Å². The largest absolute Gasteiger partial charge is 0.375 e. The number of rotatable bonds is 4. The number of aryl methyl sites for hydroxylation is 1. The number of benzene rings is 2. The fourth-order valence-electron chi connectivity index (χ4n) is 3.69. The molecule has 0 spiro atoms. The van der Waals surface area contributed by atoms with Crippen LogP contribution < -0.4 is 14.7 Å². The van der Waals surface area contributed by atoms with Gasteiger partial charge in [-0.1, -0.05) is 38.9 Å². The second-order valence-corrected chi connectivity index (χ2v) is 12.0. The summed E-state index contributed by atoms with van der Waals surface area (Å²) in [5, 5.41) is 3.61. The van der Waals surface area contributed by atoms with Crippen LogP contribution in [0.15, 0.2) is 70.7 Å². The molecule has 0 saturated heterocycles. The lowest BCUT2D eigenvalue weighted by Gasteiger charge is -2.33. The molecule has 2 aromatic heterocycles. The summed E-state index contributed by atoms with van der Waals surface area (Å²) in [4.78, 5) is 14.3. The van der Waals surface area contributed by atoms with Gasteiger partial charge in [0.15, 0.2) is 0 Å². The van der Waals surface area contributed by atoms with Crippen molar-refractivity contribution in [3.63, 3.8) is 0 Å². The average molecular weight is 496 g/mol. The van der Waals surface area contributed by atoms with Crippen LogP contribution >= 0.6 is 20.7 Å². The molecule has 4 aromatic rings. The number of aromatic nitrogens is 2. The third kappa shape index (κ3) is 4.17. The second kappa shape index (κ2) is 8.05. The highest BCUT2D eigenvalue weighted by Gasteiger charge is 2.33. The third-order valence-electron chi connectivity index (χ3n) is 5.25. The predicted molar refractivity (Wildman–Crippen MR) is 134 cm³/mol. The first-order valence-electron chi connectivity index (χ1n) is 10.2. The molecule has 7 nitrogen and oxygen atoms in total. The van der Waals surface area contributed by atoms with E-state index in [1.165, 1.54) is 11.1 Å². The van der Waals surface area contributed by atoms with Crippen LogP contribution in [-0.4, -0.2) is 18.4 Å². The Hall–Kier alpha value is -3.08. The molecular formula is C23H21N5O2S3. The minimum Gasteiger partial charge on any atom is -0.375 e. The zero-order valence-corrected chi connectivity index (χ0v) is 20.6. The number of sulfonamides is 1. The third-order valence-corrected chi connectivity index (χ3v) is 9.24. The highest BCUT2D eigenvalue weighted by Crippen LogP contribution is 2.45. The van der Waals surface area contributed by atoms with Crippen LogP contribution in [0.4, 0.5) is 17.3 Å². The Morgan fingerprint density at radius 3 is 2.55 bits per heavy atom. The predicted octanol–water partition coefficient (Wildman–Crippen LogP) is 5.27. The van der Waals surface area contributed by atoms with Gasteiger partial charge in [0.25, 0.3) is 10.0 Å². The van der Waals surface area contributed by atoms with E-state index in [1.54, 1.807) is 57.9 Å². The summed E-state index contributed by atoms with van der Waals surface area (Å²) in [5.41, 5.74) is 4.52. The Kier molecular flexibility index (Phi) is 5.31. The number of nitrogens with one attached hydrogen (secondary N) is 2. The van der Waals surface area contributed by atoms with Crippen molar-refractivity contribution in [2.45, 2.75) is 31.2 Å². The summed E-state index contributed by atoms with van der Waals surface area (Å²) in [6.45, 7) is 6.11. The summed E-state index contributed by atoms with van der Waals surface area (Å²) in [6, 6.07) is 16.4. The lowest BCUT2D eigenvalue weighted by Crippen LogP contribution is -2.31. The molecule has 0 radical (unpaired) electrons. The molecule has 1 aliphatic heterocycles. The molecule has 5 rings (SSSR count). The molecule has 0 atom stereocenters. The van der Waals surface area contributed by atoms with E-state index in [4.69, 9.17) is 4.99 Å². The van der Waals surface area contributed by atoms with Crippen LogP contribution in [0.1, 0.15) is 24.4 Å². The van der Waals surface area contributed by atoms with Crippen molar-refractivity contribution >= 4 is 48.0 Å². The maximum Gasteiger partial charge on any atom is 0.264 e. The molecule has 168 valence electrons. The first kappa shape index (κ1) is 21.7. The molecule has 0 fully saturated rings. The van der Waals surface area contributed by atoms with Gasteiger partial charge in [0.05, 0.1) is 21.0 Å². The minimum absolute atomic E-state index is 0.0466. The summed E-state index contributed by atoms with van der Waals surface area (Å²) >= 11 is 0. The van der Waals surface area contributed by atoms with Crippen molar-refractivity contribution < 1.29 is 8.42 Å². The Labute approximate surface area is 199 Å². The van der Waals surface area contributed by atoms with Gasteiger partial charge >= 0.3 is 0 Å². The Balaban J connectivity index is 1.50. The van der Waals surface area contributed by atoms with Gasteiger partial charge in [0.1, 0.15) is 4.67 Å². The normalized spacial score (nSPS) is 14.8. The average Bonchev–Trinajstić information content (AvgIpc) is 3.19. The molecule has 2 aromatic carbocycles. The van der Waals surface area contributed by atoms with Crippen molar-refractivity contribution in [2.24, 2.45) is 4.99 Å². The van der Waals surface area contributed by atoms with Crippen LogP contribution in [0.25, 0.3) is 11.1 Å². The van der Waals surface area contributed by atoms with Crippen molar-refractivity contribution in [1.29, 1.82) is 0 Å². The highest BCUT2D eigenvalue weighted by molar-refractivity contribution is 7.92. The van der Waals surface area contributed by atoms with Crippen molar-refractivity contribution in [2.75, 3.05) is 10.0 Å². The van der Waals surface area contributed by atoms with Gasteiger partial charge in [-0.3, -0.25) is 0 Å². The minimum atomic E-state index is -3.80. The first-order valence-corrected chi connectivity index (χ1v) is 13.8. The quantitative estimate of drug-likeness (QED) is 0.376. The SMILES string of the molecule is Cc1ccnc(NS(=O)(=O)c2ccc(N=c3ssc4c3-c3ccccc3NC4(C)C)cc2)n1. The van der Waals surface area contributed by atoms with Gasteiger partial charge in [-0.25, -0.2) is 28.1 Å². The van der Waals surface area contributed by atoms with Gasteiger partial charge in [-0.15, -0.1) is 0 Å². The van der Waals surface area contributed by atoms with Gasteiger partial charge in [-0.2, -0.15) is 0 Å². The molecule has 1 aliphatic rings. The van der Waals surface area contributed by atoms with E-state index < -0.39 is 10.0 Å². The van der Waals surface area contributed by atoms with E-state index in [-0.39, 0.29) is 16.4 Å². The fourth-order valence-corrected chi connectivity index (χ4v) is 7.58. The number of anilines is 2. The van der Waals surface area contributed by atoms with Crippen LogP contribution in [0.3, 0.4) is 0 Å². The molecule has 33 heavy (non-hydrogen) atoms. The van der Waals surface area contributed by atoms with Crippen molar-refractivity contribution in [3.8, 4) is 11.1 Å². The Morgan fingerprint density at radius 1 is 1.03 bits per heavy atom. The molecule has 3 heterocycles. The lowest BCUT2D eigenvalue weighted by atomic mass is 9.90. The summed E-state index contributed by atoms with van der Waals surface area (Å²) < 4.78 is 28.8. The van der Waals surface area contributed by atoms with Crippen molar-refractivity contribution in [1.82, 2.24) is 9.97 Å². The molecule has 2 N–H and O–H groups in total. The molecule has 0 aliphatic carbocycles. The van der Waals surface area contributed by atoms with Gasteiger partial charge in [-0.05, 0) is 57.2 Å². The van der Waals surface area contributed by atoms with Crippen LogP contribution in [0, 0.1) is 6.92 Å². The molecule has 0 unspecified atom stereocenters. The molecule has 0 bridgehead atoms. The second-order valence-electron chi connectivity index (χ2n) is 8.20. The molecule has 0 amide bonds. The highest BCUT2D eigenvalue weighted by atomic mass is 32.9. The molecule has 10 heteroatoms. The number of hydrogen-bond acceptors (Lipinski definition) is 8. The monoisotopic (exact) mass is 495 g/mol. The van der Waals surface area contributed by atoms with Gasteiger partial charge in [0, 0.05) is 28.7 Å². The summed E-state index contributed by atoms with van der Waals surface area (Å²) in [7, 11) is -0.455. The maximum absolute atomic E-state index is 12.7. The standard InChI is InChI=1S/C23H21N5O2S3/c1-14-12-13-24-22(25-14)28-33(29,30)16-10-8-15(9-11-16)26-21-19-17-6-4-5-7-18(17)27-23(2,3)20(19)31-32-21/h4-13,27H,1-3H3,(H,24,25,28). The zero-order chi connectivity index (χ0) is 23.2. The zero-order valence-electron chi connectivity index (χ0n) is 18.2. The number of hydrogen-bond donors (Lipinski definition) is 2. The smallest absolute Gasteiger partial charge is 0.264 e. The summed E-state index contributed by atoms with van der Waals surface area (Å²) in [6.07, 6.45) is 1.51. The lowest BCUT2D eigenvalue weighted by molar-refractivity contribution is 0.601. The fraction of sp³-hybridized carbons (Fsp3) is 0.174. The van der Waals surface area contributed by atoms with Crippen LogP contribution in [-0.2, 0) is 15.6 Å². The van der Waals surface area contributed by atoms with Crippen molar-refractivity contribution in [3.05, 3.63) is 76.0 Å². The maximum atomic E-state index is 12.7. The van der Waals surface area contributed by atoms with Crippen LogP contribution in [0.5, 0.6) is 0 Å². The first-order chi connectivity index (χ1) is 15.7. The van der Waals surface area contributed by atoms with E-state index in [1.807, 2.05) is 12.1 Å². The summed E-state index contributed by atoms with van der Waals surface area (Å²) in [5.74, 6) is 0.0466. The molecule has 0 saturated carbocycles. The van der Waals surface area contributed by atoms with Crippen LogP contribution in [0.2, 0.25) is 0 Å². The number of nitrogens with zero attached hydrogens (tertiary/aromatic N) is 3. The number of fused-ring (bicyclic) bond motifs is 3. The number of para-hydroxylation sites is 1. The van der Waals surface area contributed by atoms with E-state index in [0.29, 0.717) is 11.4 Å².